The van der Waals surface area contributed by atoms with Crippen molar-refractivity contribution in [1.82, 2.24) is 14.9 Å². The summed E-state index contributed by atoms with van der Waals surface area (Å²) in [4.78, 5) is 27.5. The van der Waals surface area contributed by atoms with Gasteiger partial charge in [0.2, 0.25) is 0 Å². The Hall–Kier alpha value is -2.67. The van der Waals surface area contributed by atoms with Crippen LogP contribution in [0, 0.1) is 12.8 Å². The number of carbonyl (C=O) groups is 1. The smallest absolute Gasteiger partial charge is 0.306 e. The van der Waals surface area contributed by atoms with Gasteiger partial charge in [0, 0.05) is 51.9 Å². The standard InChI is InChI=1S/C22H29N5O2/c1-17-23-20(26-9-7-19(8-10-26)22(28)29)15-21(24-17)27-13-11-25(12-14-27)16-18-5-3-2-4-6-18/h2-6,15,19H,7-14,16H2,1H3,(H,28,29). The predicted octanol–water partition coefficient (Wildman–Crippen LogP) is 2.41. The van der Waals surface area contributed by atoms with Crippen molar-refractivity contribution in [1.29, 1.82) is 0 Å². The second-order valence-corrected chi connectivity index (χ2v) is 7.98. The van der Waals surface area contributed by atoms with E-state index in [1.165, 1.54) is 5.56 Å². The maximum absolute atomic E-state index is 11.2. The molecule has 0 amide bonds. The first-order valence-corrected chi connectivity index (χ1v) is 10.4. The van der Waals surface area contributed by atoms with Crippen molar-refractivity contribution in [3.05, 3.63) is 47.8 Å². The monoisotopic (exact) mass is 395 g/mol. The molecule has 29 heavy (non-hydrogen) atoms. The van der Waals surface area contributed by atoms with E-state index in [1.54, 1.807) is 0 Å². The highest BCUT2D eigenvalue weighted by atomic mass is 16.4. The van der Waals surface area contributed by atoms with Gasteiger partial charge in [0.25, 0.3) is 0 Å². The van der Waals surface area contributed by atoms with Crippen LogP contribution in [0.1, 0.15) is 24.2 Å². The lowest BCUT2D eigenvalue weighted by Crippen LogP contribution is -2.46. The molecule has 0 saturated carbocycles. The molecule has 0 radical (unpaired) electrons. The number of aryl methyl sites for hydroxylation is 1. The van der Waals surface area contributed by atoms with Crippen molar-refractivity contribution < 1.29 is 9.90 Å². The molecule has 0 spiro atoms. The van der Waals surface area contributed by atoms with E-state index < -0.39 is 5.97 Å². The summed E-state index contributed by atoms with van der Waals surface area (Å²) < 4.78 is 0. The average Bonchev–Trinajstić information content (AvgIpc) is 2.75. The molecular formula is C22H29N5O2. The van der Waals surface area contributed by atoms with Crippen LogP contribution in [0.5, 0.6) is 0 Å². The van der Waals surface area contributed by atoms with Crippen molar-refractivity contribution >= 4 is 17.6 Å². The summed E-state index contributed by atoms with van der Waals surface area (Å²) >= 11 is 0. The Morgan fingerprint density at radius 1 is 0.966 bits per heavy atom. The number of rotatable bonds is 5. The molecule has 2 aliphatic rings. The summed E-state index contributed by atoms with van der Waals surface area (Å²) in [5.74, 6) is 1.75. The van der Waals surface area contributed by atoms with Crippen LogP contribution < -0.4 is 9.80 Å². The number of anilines is 2. The summed E-state index contributed by atoms with van der Waals surface area (Å²) in [5.41, 5.74) is 1.35. The number of carboxylic acids is 1. The molecule has 0 aliphatic carbocycles. The molecule has 0 bridgehead atoms. The summed E-state index contributed by atoms with van der Waals surface area (Å²) in [6.07, 6.45) is 1.34. The van der Waals surface area contributed by atoms with E-state index in [1.807, 2.05) is 6.92 Å². The minimum absolute atomic E-state index is 0.230. The molecule has 1 N–H and O–H groups in total. The lowest BCUT2D eigenvalue weighted by Gasteiger charge is -2.36. The summed E-state index contributed by atoms with van der Waals surface area (Å²) in [6, 6.07) is 12.7. The zero-order valence-corrected chi connectivity index (χ0v) is 17.0. The summed E-state index contributed by atoms with van der Waals surface area (Å²) in [6.45, 7) is 8.31. The van der Waals surface area contributed by atoms with Gasteiger partial charge in [-0.05, 0) is 25.3 Å². The molecule has 4 rings (SSSR count). The molecule has 1 aromatic heterocycles. The normalized spacial score (nSPS) is 18.8. The maximum atomic E-state index is 11.2. The van der Waals surface area contributed by atoms with E-state index in [0.717, 1.165) is 63.3 Å². The third-order valence-electron chi connectivity index (χ3n) is 5.92. The molecule has 154 valence electrons. The summed E-state index contributed by atoms with van der Waals surface area (Å²) in [7, 11) is 0. The van der Waals surface area contributed by atoms with Gasteiger partial charge in [-0.15, -0.1) is 0 Å². The lowest BCUT2D eigenvalue weighted by atomic mass is 9.97. The zero-order valence-electron chi connectivity index (χ0n) is 17.0. The zero-order chi connectivity index (χ0) is 20.2. The third-order valence-corrected chi connectivity index (χ3v) is 5.92. The first-order valence-electron chi connectivity index (χ1n) is 10.4. The van der Waals surface area contributed by atoms with E-state index in [0.29, 0.717) is 12.8 Å². The second kappa shape index (κ2) is 8.78. The Bertz CT molecular complexity index is 828. The molecule has 1 aromatic carbocycles. The Balaban J connectivity index is 1.38. The minimum atomic E-state index is -0.683. The molecular weight excluding hydrogens is 366 g/mol. The molecule has 2 aliphatic heterocycles. The number of aliphatic carboxylic acids is 1. The van der Waals surface area contributed by atoms with Crippen LogP contribution in [-0.4, -0.2) is 65.2 Å². The van der Waals surface area contributed by atoms with E-state index in [2.05, 4.69) is 61.1 Å². The number of piperazine rings is 1. The average molecular weight is 396 g/mol. The van der Waals surface area contributed by atoms with Crippen LogP contribution in [0.3, 0.4) is 0 Å². The van der Waals surface area contributed by atoms with Gasteiger partial charge in [0.1, 0.15) is 17.5 Å². The van der Waals surface area contributed by atoms with Gasteiger partial charge in [-0.1, -0.05) is 30.3 Å². The first-order chi connectivity index (χ1) is 14.1. The van der Waals surface area contributed by atoms with Gasteiger partial charge in [0.15, 0.2) is 0 Å². The summed E-state index contributed by atoms with van der Waals surface area (Å²) in [5, 5.41) is 9.21. The molecule has 7 nitrogen and oxygen atoms in total. The Labute approximate surface area is 172 Å². The minimum Gasteiger partial charge on any atom is -0.481 e. The molecule has 0 atom stereocenters. The van der Waals surface area contributed by atoms with Gasteiger partial charge < -0.3 is 14.9 Å². The predicted molar refractivity (Wildman–Crippen MR) is 113 cm³/mol. The highest BCUT2D eigenvalue weighted by Crippen LogP contribution is 2.25. The van der Waals surface area contributed by atoms with Crippen molar-refractivity contribution in [2.24, 2.45) is 5.92 Å². The molecule has 7 heteroatoms. The second-order valence-electron chi connectivity index (χ2n) is 7.98. The van der Waals surface area contributed by atoms with Crippen molar-refractivity contribution in [2.75, 3.05) is 49.1 Å². The van der Waals surface area contributed by atoms with Crippen LogP contribution in [0.15, 0.2) is 36.4 Å². The van der Waals surface area contributed by atoms with Crippen molar-refractivity contribution in [3.8, 4) is 0 Å². The number of nitrogens with zero attached hydrogens (tertiary/aromatic N) is 5. The highest BCUT2D eigenvalue weighted by molar-refractivity contribution is 5.70. The molecule has 3 heterocycles. The van der Waals surface area contributed by atoms with Gasteiger partial charge in [0.05, 0.1) is 5.92 Å². The lowest BCUT2D eigenvalue weighted by molar-refractivity contribution is -0.142. The topological polar surface area (TPSA) is 72.8 Å². The number of benzene rings is 1. The van der Waals surface area contributed by atoms with E-state index in [9.17, 15) is 9.90 Å². The van der Waals surface area contributed by atoms with Gasteiger partial charge in [-0.2, -0.15) is 0 Å². The number of aromatic nitrogens is 2. The Morgan fingerprint density at radius 3 is 2.14 bits per heavy atom. The fraction of sp³-hybridized carbons (Fsp3) is 0.500. The van der Waals surface area contributed by atoms with E-state index in [-0.39, 0.29) is 5.92 Å². The largest absolute Gasteiger partial charge is 0.481 e. The number of carboxylic acid groups (broad SMARTS) is 1. The SMILES string of the molecule is Cc1nc(N2CCC(C(=O)O)CC2)cc(N2CCN(Cc3ccccc3)CC2)n1. The van der Waals surface area contributed by atoms with Crippen molar-refractivity contribution in [2.45, 2.75) is 26.3 Å². The third kappa shape index (κ3) is 4.85. The van der Waals surface area contributed by atoms with Crippen LogP contribution in [0.4, 0.5) is 11.6 Å². The molecule has 2 aromatic rings. The number of hydrogen-bond acceptors (Lipinski definition) is 6. The van der Waals surface area contributed by atoms with Crippen LogP contribution in [0.25, 0.3) is 0 Å². The maximum Gasteiger partial charge on any atom is 0.306 e. The molecule has 2 fully saturated rings. The fourth-order valence-corrected chi connectivity index (χ4v) is 4.19. The number of hydrogen-bond donors (Lipinski definition) is 1. The van der Waals surface area contributed by atoms with Gasteiger partial charge in [-0.3, -0.25) is 9.69 Å². The molecule has 2 saturated heterocycles. The van der Waals surface area contributed by atoms with Crippen LogP contribution in [0.2, 0.25) is 0 Å². The highest BCUT2D eigenvalue weighted by Gasteiger charge is 2.26. The van der Waals surface area contributed by atoms with Gasteiger partial charge >= 0.3 is 5.97 Å². The number of piperidine rings is 1. The first kappa shape index (κ1) is 19.6. The van der Waals surface area contributed by atoms with Gasteiger partial charge in [-0.25, -0.2) is 9.97 Å². The fourth-order valence-electron chi connectivity index (χ4n) is 4.19. The van der Waals surface area contributed by atoms with Crippen molar-refractivity contribution in [3.63, 3.8) is 0 Å². The Morgan fingerprint density at radius 2 is 1.55 bits per heavy atom. The van der Waals surface area contributed by atoms with Crippen LogP contribution in [-0.2, 0) is 11.3 Å². The van der Waals surface area contributed by atoms with E-state index >= 15 is 0 Å². The van der Waals surface area contributed by atoms with E-state index in [4.69, 9.17) is 0 Å². The van der Waals surface area contributed by atoms with Crippen LogP contribution >= 0.6 is 0 Å². The Kier molecular flexibility index (Phi) is 5.94. The quantitative estimate of drug-likeness (QED) is 0.833. The molecule has 0 unspecified atom stereocenters.